The first kappa shape index (κ1) is 15.2. The molecule has 0 saturated heterocycles. The van der Waals surface area contributed by atoms with Crippen molar-refractivity contribution in [2.75, 3.05) is 7.11 Å². The minimum Gasteiger partial charge on any atom is -0.497 e. The first-order valence-corrected chi connectivity index (χ1v) is 6.80. The van der Waals surface area contributed by atoms with E-state index in [0.717, 1.165) is 5.56 Å². The predicted octanol–water partition coefficient (Wildman–Crippen LogP) is 4.10. The first-order chi connectivity index (χ1) is 9.41. The Balaban J connectivity index is 1.95. The van der Waals surface area contributed by atoms with Crippen molar-refractivity contribution in [1.29, 1.82) is 0 Å². The monoisotopic (exact) mass is 288 g/mol. The predicted molar refractivity (Wildman–Crippen MR) is 69.5 cm³/mol. The van der Waals surface area contributed by atoms with Gasteiger partial charge in [0.25, 0.3) is 0 Å². The molecule has 112 valence electrons. The van der Waals surface area contributed by atoms with Crippen molar-refractivity contribution < 1.29 is 23.0 Å². The van der Waals surface area contributed by atoms with Gasteiger partial charge in [0.05, 0.1) is 19.1 Å². The maximum Gasteiger partial charge on any atom is 0.391 e. The second-order valence-corrected chi connectivity index (χ2v) is 5.37. The quantitative estimate of drug-likeness (QED) is 0.907. The molecule has 0 aromatic heterocycles. The van der Waals surface area contributed by atoms with E-state index in [1.165, 1.54) is 0 Å². The van der Waals surface area contributed by atoms with Gasteiger partial charge in [-0.25, -0.2) is 0 Å². The zero-order valence-electron chi connectivity index (χ0n) is 11.4. The Kier molecular flexibility index (Phi) is 4.58. The topological polar surface area (TPSA) is 29.5 Å². The molecule has 0 bridgehead atoms. The highest BCUT2D eigenvalue weighted by Gasteiger charge is 2.42. The maximum absolute atomic E-state index is 12.6. The molecule has 1 aliphatic rings. The van der Waals surface area contributed by atoms with Crippen molar-refractivity contribution in [3.8, 4) is 5.75 Å². The summed E-state index contributed by atoms with van der Waals surface area (Å²) in [5.74, 6) is -0.606. The third-order valence-corrected chi connectivity index (χ3v) is 4.14. The summed E-state index contributed by atoms with van der Waals surface area (Å²) in [7, 11) is 1.56. The Morgan fingerprint density at radius 1 is 1.10 bits per heavy atom. The lowest BCUT2D eigenvalue weighted by Crippen LogP contribution is -2.29. The van der Waals surface area contributed by atoms with E-state index in [1.807, 2.05) is 0 Å². The van der Waals surface area contributed by atoms with Crippen LogP contribution in [0.15, 0.2) is 24.3 Å². The fourth-order valence-electron chi connectivity index (χ4n) is 2.84. The summed E-state index contributed by atoms with van der Waals surface area (Å²) in [5.41, 5.74) is 0.737. The standard InChI is InChI=1S/C15H19F3O2/c1-20-13-8-4-11(5-9-13)14(19)10-2-6-12(7-3-10)15(16,17)18/h4-5,8-10,12,14,19H,2-3,6-7H2,1H3. The molecule has 1 unspecified atom stereocenters. The van der Waals surface area contributed by atoms with Gasteiger partial charge in [0, 0.05) is 0 Å². The van der Waals surface area contributed by atoms with E-state index in [4.69, 9.17) is 4.74 Å². The molecule has 0 aliphatic heterocycles. The van der Waals surface area contributed by atoms with Crippen molar-refractivity contribution in [3.05, 3.63) is 29.8 Å². The van der Waals surface area contributed by atoms with Crippen molar-refractivity contribution in [2.24, 2.45) is 11.8 Å². The minimum atomic E-state index is -4.10. The van der Waals surface area contributed by atoms with E-state index in [0.29, 0.717) is 18.6 Å². The van der Waals surface area contributed by atoms with E-state index >= 15 is 0 Å². The average molecular weight is 288 g/mol. The molecule has 1 atom stereocenters. The van der Waals surface area contributed by atoms with Crippen LogP contribution in [-0.2, 0) is 0 Å². The van der Waals surface area contributed by atoms with Crippen molar-refractivity contribution in [1.82, 2.24) is 0 Å². The summed E-state index contributed by atoms with van der Waals surface area (Å²) in [6.07, 6.45) is -3.75. The van der Waals surface area contributed by atoms with Crippen LogP contribution in [0.2, 0.25) is 0 Å². The number of alkyl halides is 3. The molecule has 1 aromatic carbocycles. The van der Waals surface area contributed by atoms with Crippen LogP contribution in [0.25, 0.3) is 0 Å². The number of aliphatic hydroxyl groups is 1. The summed E-state index contributed by atoms with van der Waals surface area (Å²) in [5, 5.41) is 10.3. The molecule has 2 nitrogen and oxygen atoms in total. The second kappa shape index (κ2) is 6.04. The molecule has 1 aromatic rings. The van der Waals surface area contributed by atoms with E-state index in [-0.39, 0.29) is 18.8 Å². The highest BCUT2D eigenvalue weighted by molar-refractivity contribution is 5.28. The van der Waals surface area contributed by atoms with Crippen molar-refractivity contribution in [2.45, 2.75) is 38.0 Å². The lowest BCUT2D eigenvalue weighted by atomic mass is 9.77. The van der Waals surface area contributed by atoms with Crippen LogP contribution >= 0.6 is 0 Å². The van der Waals surface area contributed by atoms with Crippen LogP contribution in [0.4, 0.5) is 13.2 Å². The fraction of sp³-hybridized carbons (Fsp3) is 0.600. The Labute approximate surface area is 116 Å². The van der Waals surface area contributed by atoms with Gasteiger partial charge in [-0.15, -0.1) is 0 Å². The summed E-state index contributed by atoms with van der Waals surface area (Å²) in [6, 6.07) is 7.03. The number of hydrogen-bond donors (Lipinski definition) is 1. The third kappa shape index (κ3) is 3.45. The number of methoxy groups -OCH3 is 1. The number of ether oxygens (including phenoxy) is 1. The minimum absolute atomic E-state index is 0.0954. The Bertz CT molecular complexity index is 420. The smallest absolute Gasteiger partial charge is 0.391 e. The fourth-order valence-corrected chi connectivity index (χ4v) is 2.84. The maximum atomic E-state index is 12.6. The molecule has 1 aliphatic carbocycles. The van der Waals surface area contributed by atoms with Gasteiger partial charge >= 0.3 is 6.18 Å². The van der Waals surface area contributed by atoms with Gasteiger partial charge in [0.1, 0.15) is 5.75 Å². The molecule has 1 fully saturated rings. The van der Waals surface area contributed by atoms with Crippen LogP contribution in [0.5, 0.6) is 5.75 Å². The van der Waals surface area contributed by atoms with Crippen molar-refractivity contribution >= 4 is 0 Å². The summed E-state index contributed by atoms with van der Waals surface area (Å²) in [6.45, 7) is 0. The van der Waals surface area contributed by atoms with E-state index in [2.05, 4.69) is 0 Å². The molecule has 5 heteroatoms. The number of hydrogen-bond acceptors (Lipinski definition) is 2. The van der Waals surface area contributed by atoms with Gasteiger partial charge in [-0.05, 0) is 49.3 Å². The molecular weight excluding hydrogens is 269 g/mol. The Morgan fingerprint density at radius 3 is 2.10 bits per heavy atom. The van der Waals surface area contributed by atoms with Crippen LogP contribution in [0.1, 0.15) is 37.4 Å². The molecule has 2 rings (SSSR count). The highest BCUT2D eigenvalue weighted by atomic mass is 19.4. The number of rotatable bonds is 3. The lowest BCUT2D eigenvalue weighted by Gasteiger charge is -2.32. The summed E-state index contributed by atoms with van der Waals surface area (Å²) in [4.78, 5) is 0. The zero-order valence-corrected chi connectivity index (χ0v) is 11.4. The van der Waals surface area contributed by atoms with Gasteiger partial charge in [-0.2, -0.15) is 13.2 Å². The molecule has 1 saturated carbocycles. The normalized spacial score (nSPS) is 25.2. The van der Waals surface area contributed by atoms with Gasteiger partial charge in [-0.3, -0.25) is 0 Å². The SMILES string of the molecule is COc1ccc(C(O)C2CCC(C(F)(F)F)CC2)cc1. The van der Waals surface area contributed by atoms with Crippen LogP contribution in [0.3, 0.4) is 0 Å². The zero-order chi connectivity index (χ0) is 14.8. The largest absolute Gasteiger partial charge is 0.497 e. The molecule has 0 spiro atoms. The lowest BCUT2D eigenvalue weighted by molar-refractivity contribution is -0.185. The third-order valence-electron chi connectivity index (χ3n) is 4.14. The summed E-state index contributed by atoms with van der Waals surface area (Å²) >= 11 is 0. The molecule has 1 N–H and O–H groups in total. The highest BCUT2D eigenvalue weighted by Crippen LogP contribution is 2.43. The van der Waals surface area contributed by atoms with Crippen LogP contribution in [-0.4, -0.2) is 18.4 Å². The average Bonchev–Trinajstić information content (AvgIpc) is 2.46. The number of halogens is 3. The van der Waals surface area contributed by atoms with Gasteiger partial charge in [-0.1, -0.05) is 12.1 Å². The van der Waals surface area contributed by atoms with E-state index in [9.17, 15) is 18.3 Å². The Morgan fingerprint density at radius 2 is 1.65 bits per heavy atom. The first-order valence-electron chi connectivity index (χ1n) is 6.80. The summed E-state index contributed by atoms with van der Waals surface area (Å²) < 4.78 is 42.8. The molecule has 20 heavy (non-hydrogen) atoms. The van der Waals surface area contributed by atoms with E-state index < -0.39 is 18.2 Å². The van der Waals surface area contributed by atoms with Gasteiger partial charge in [0.2, 0.25) is 0 Å². The van der Waals surface area contributed by atoms with Crippen LogP contribution < -0.4 is 4.74 Å². The number of aliphatic hydroxyl groups excluding tert-OH is 1. The van der Waals surface area contributed by atoms with Crippen molar-refractivity contribution in [3.63, 3.8) is 0 Å². The molecule has 0 amide bonds. The van der Waals surface area contributed by atoms with Crippen LogP contribution in [0, 0.1) is 11.8 Å². The van der Waals surface area contributed by atoms with E-state index in [1.54, 1.807) is 31.4 Å². The van der Waals surface area contributed by atoms with Gasteiger partial charge in [0.15, 0.2) is 0 Å². The Hall–Kier alpha value is -1.23. The number of benzene rings is 1. The molecule has 0 heterocycles. The second-order valence-electron chi connectivity index (χ2n) is 5.37. The van der Waals surface area contributed by atoms with Gasteiger partial charge < -0.3 is 9.84 Å². The molecular formula is C15H19F3O2. The molecule has 0 radical (unpaired) electrons.